The second-order valence-corrected chi connectivity index (χ2v) is 5.77. The van der Waals surface area contributed by atoms with Crippen LogP contribution in [0.15, 0.2) is 182 Å². The van der Waals surface area contributed by atoms with Crippen LogP contribution in [0.3, 0.4) is 0 Å². The SMILES string of the molecule is CC.CC.[CH3-].[CH3-].[CH3-].[CH3-].[CH3-].[CH3-].[CH3-].[CH3-].[CH3-].[CH3-].[Y].[Y].[Y].[Y].[Y].[Y].[Y].[Y].[Y].[Y].[Y].[Y].[Y].[Y].[Y].[Y].[Y].[Y].[Y].[Y].[Y].c1ccccc1.c1ccccc1.c1ccccc1.c1ccccc1.c1ccccc1. The van der Waals surface area contributed by atoms with Gasteiger partial charge in [0.1, 0.15) is 0 Å². The minimum Gasteiger partial charge on any atom is -0.358 e. The molecule has 0 N–H and O–H groups in total. The van der Waals surface area contributed by atoms with E-state index in [1.165, 1.54) is 0 Å². The van der Waals surface area contributed by atoms with Gasteiger partial charge in [-0.1, -0.05) is 210 Å². The van der Waals surface area contributed by atoms with E-state index < -0.39 is 0 Å². The molecule has 0 aliphatic rings. The van der Waals surface area contributed by atoms with E-state index in [-0.39, 0.29) is 761 Å². The van der Waals surface area contributed by atoms with Crippen molar-refractivity contribution in [3.05, 3.63) is 256 Å². The van der Waals surface area contributed by atoms with Crippen molar-refractivity contribution < 1.29 is 687 Å². The summed E-state index contributed by atoms with van der Waals surface area (Å²) in [5, 5.41) is 0. The van der Waals surface area contributed by atoms with Gasteiger partial charge in [0.25, 0.3) is 0 Å². The summed E-state index contributed by atoms with van der Waals surface area (Å²) in [7, 11) is 0. The van der Waals surface area contributed by atoms with Gasteiger partial charge in [0, 0.05) is 687 Å². The fourth-order valence-electron chi connectivity index (χ4n) is 1.92. The van der Waals surface area contributed by atoms with E-state index in [2.05, 4.69) is 0 Å². The Bertz CT molecular complexity index is 602. The normalized spacial score (nSPS) is 3.88. The maximum absolute atomic E-state index is 2.00. The number of hydrogen-bond donors (Lipinski definition) is 0. The summed E-state index contributed by atoms with van der Waals surface area (Å²) in [5.74, 6) is 0. The molecule has 0 aliphatic carbocycles. The largest absolute Gasteiger partial charge is 0.358 e. The molecule has 0 saturated heterocycles. The first-order valence-corrected chi connectivity index (χ1v) is 12.0. The molecule has 0 unspecified atom stereocenters. The van der Waals surface area contributed by atoms with Gasteiger partial charge in [-0.25, -0.2) is 0 Å². The van der Waals surface area contributed by atoms with Crippen molar-refractivity contribution in [2.75, 3.05) is 0 Å². The van der Waals surface area contributed by atoms with E-state index in [1.54, 1.807) is 0 Å². The van der Waals surface area contributed by atoms with Gasteiger partial charge in [0.2, 0.25) is 0 Å². The molecule has 0 bridgehead atoms. The second kappa shape index (κ2) is 232. The van der Waals surface area contributed by atoms with E-state index in [4.69, 9.17) is 0 Å². The van der Waals surface area contributed by atoms with Crippen LogP contribution in [-0.4, -0.2) is 0 Å². The fourth-order valence-corrected chi connectivity index (χ4v) is 1.92. The summed E-state index contributed by atoms with van der Waals surface area (Å²) < 4.78 is 0. The quantitative estimate of drug-likeness (QED) is 0.136. The monoisotopic (exact) mass is 2470 g/mol. The van der Waals surface area contributed by atoms with Crippen molar-refractivity contribution in [2.45, 2.75) is 27.7 Å². The zero-order valence-corrected chi connectivity index (χ0v) is 103. The summed E-state index contributed by atoms with van der Waals surface area (Å²) >= 11 is 0. The Balaban J connectivity index is -0.00000000558. The Labute approximate surface area is 942 Å². The molecule has 0 aromatic heterocycles. The van der Waals surface area contributed by atoms with Crippen molar-refractivity contribution in [3.63, 3.8) is 0 Å². The molecule has 0 spiro atoms. The molecule has 0 amide bonds. The molecule has 5 aromatic carbocycles. The zero-order chi connectivity index (χ0) is 25.2. The molecule has 5 aromatic rings. The van der Waals surface area contributed by atoms with Gasteiger partial charge in [-0.05, 0) is 0 Å². The third-order valence-electron chi connectivity index (χ3n) is 3.33. The predicted octanol–water partition coefficient (Wildman–Crippen LogP) is 14.9. The van der Waals surface area contributed by atoms with Crippen molar-refractivity contribution in [1.82, 2.24) is 0 Å². The topological polar surface area (TPSA) is 0 Å². The minimum absolute atomic E-state index is 0. The summed E-state index contributed by atoms with van der Waals surface area (Å²) in [6.07, 6.45) is 0. The maximum Gasteiger partial charge on any atom is 0 e. The Kier molecular flexibility index (Phi) is 794. The summed E-state index contributed by atoms with van der Waals surface area (Å²) in [6, 6.07) is 60.0. The van der Waals surface area contributed by atoms with Crippen LogP contribution in [-0.2, 0) is 687 Å². The molecule has 0 saturated carbocycles. The summed E-state index contributed by atoms with van der Waals surface area (Å²) in [6.45, 7) is 8.00. The van der Waals surface area contributed by atoms with Gasteiger partial charge in [0.05, 0.1) is 0 Å². The average molecular weight is 2470 g/mol. The molecule has 0 atom stereocenters. The first-order valence-electron chi connectivity index (χ1n) is 12.0. The molecule has 0 nitrogen and oxygen atoms in total. The number of rotatable bonds is 0. The first kappa shape index (κ1) is 222. The molecule has 321 valence electrons. The average Bonchev–Trinajstić information content (AvgIpc) is 3.01. The first-order chi connectivity index (χ1) is 17.0. The van der Waals surface area contributed by atoms with Gasteiger partial charge >= 0.3 is 0 Å². The van der Waals surface area contributed by atoms with Crippen molar-refractivity contribution >= 4 is 0 Å². The Morgan fingerprint density at radius 1 is 0.0923 bits per heavy atom. The smallest absolute Gasteiger partial charge is 0 e. The number of benzene rings is 5. The van der Waals surface area contributed by atoms with Crippen molar-refractivity contribution in [3.8, 4) is 0 Å². The molecule has 0 fully saturated rings. The maximum atomic E-state index is 2.00. The van der Waals surface area contributed by atoms with Crippen LogP contribution in [0.2, 0.25) is 0 Å². The van der Waals surface area contributed by atoms with Gasteiger partial charge in [-0.15, -0.1) is 0 Å². The predicted molar refractivity (Wildman–Crippen MR) is 219 cm³/mol. The molecular formula is C44H72Y21-10. The van der Waals surface area contributed by atoms with Gasteiger partial charge in [-0.3, -0.25) is 0 Å². The van der Waals surface area contributed by atoms with Crippen LogP contribution in [0.1, 0.15) is 27.7 Å². The van der Waals surface area contributed by atoms with Gasteiger partial charge < -0.3 is 74.3 Å². The molecule has 21 radical (unpaired) electrons. The third-order valence-corrected chi connectivity index (χ3v) is 3.33. The summed E-state index contributed by atoms with van der Waals surface area (Å²) in [4.78, 5) is 0. The standard InChI is InChI=1S/5C6H6.2C2H6.10CH3.21Y/c5*1-2-4-6-5-3-1;2*1-2;;;;;;;;;;;;;;;;;;;;;;;;;;;;;;;/h5*1-6H;2*1-2H3;10*1H3;;;;;;;;;;;;;;;;;;;;;/q;;;;;;;10*-1;;;;;;;;;;;;;;;;;;;;;. The van der Waals surface area contributed by atoms with Gasteiger partial charge in [0.15, 0.2) is 0 Å². The van der Waals surface area contributed by atoms with Crippen LogP contribution < -0.4 is 0 Å². The van der Waals surface area contributed by atoms with Crippen LogP contribution in [0, 0.1) is 74.3 Å². The van der Waals surface area contributed by atoms with Crippen molar-refractivity contribution in [2.24, 2.45) is 0 Å². The van der Waals surface area contributed by atoms with E-state index in [0.29, 0.717) is 0 Å². The molecule has 65 heavy (non-hydrogen) atoms. The minimum atomic E-state index is 0. The van der Waals surface area contributed by atoms with Crippen molar-refractivity contribution in [1.29, 1.82) is 0 Å². The molecule has 0 aliphatic heterocycles. The molecule has 5 rings (SSSR count). The zero-order valence-electron chi connectivity index (χ0n) is 43.4. The third kappa shape index (κ3) is 227. The summed E-state index contributed by atoms with van der Waals surface area (Å²) in [5.41, 5.74) is 0. The Morgan fingerprint density at radius 3 is 0.123 bits per heavy atom. The Morgan fingerprint density at radius 2 is 0.108 bits per heavy atom. The van der Waals surface area contributed by atoms with Crippen LogP contribution in [0.4, 0.5) is 0 Å². The second-order valence-electron chi connectivity index (χ2n) is 5.77. The van der Waals surface area contributed by atoms with Crippen LogP contribution in [0.25, 0.3) is 0 Å². The van der Waals surface area contributed by atoms with E-state index in [1.807, 2.05) is 210 Å². The molecular weight excluding hydrogens is 2400 g/mol. The Hall–Kier alpha value is 19.3. The number of hydrogen-bond acceptors (Lipinski definition) is 0. The molecule has 21 heteroatoms. The van der Waals surface area contributed by atoms with E-state index >= 15 is 0 Å². The van der Waals surface area contributed by atoms with Gasteiger partial charge in [-0.2, -0.15) is 0 Å². The van der Waals surface area contributed by atoms with Crippen LogP contribution in [0.5, 0.6) is 0 Å². The van der Waals surface area contributed by atoms with E-state index in [0.717, 1.165) is 0 Å². The van der Waals surface area contributed by atoms with E-state index in [9.17, 15) is 0 Å². The van der Waals surface area contributed by atoms with Crippen LogP contribution >= 0.6 is 0 Å². The fraction of sp³-hybridized carbons (Fsp3) is 0.0909. The molecule has 0 heterocycles.